The predicted molar refractivity (Wildman–Crippen MR) is 122 cm³/mol. The fourth-order valence-corrected chi connectivity index (χ4v) is 3.85. The largest absolute Gasteiger partial charge is 0.367 e. The van der Waals surface area contributed by atoms with Gasteiger partial charge in [-0.15, -0.1) is 0 Å². The second-order valence-corrected chi connectivity index (χ2v) is 8.13. The molecule has 0 spiro atoms. The number of ether oxygens (including phenoxy) is 1. The standard InChI is InChI=1S/C26H26F3N3O2/c27-22-7-1-19(2-8-22)25(20-3-9-23(28)10-4-20)34-18-17-31-13-15-32(16-14-31)30-26(33)21-5-11-24(29)12-6-21/h1-12,25H,13-18H2,(H,30,33). The van der Waals surface area contributed by atoms with Crippen LogP contribution in [0.2, 0.25) is 0 Å². The zero-order chi connectivity index (χ0) is 23.9. The minimum absolute atomic E-state index is 0.266. The van der Waals surface area contributed by atoms with Crippen LogP contribution in [0, 0.1) is 17.5 Å². The van der Waals surface area contributed by atoms with Crippen molar-refractivity contribution < 1.29 is 22.7 Å². The van der Waals surface area contributed by atoms with Gasteiger partial charge in [0, 0.05) is 38.3 Å². The number of hydrazine groups is 1. The van der Waals surface area contributed by atoms with Crippen molar-refractivity contribution in [2.24, 2.45) is 0 Å². The van der Waals surface area contributed by atoms with Gasteiger partial charge in [0.25, 0.3) is 5.91 Å². The molecule has 34 heavy (non-hydrogen) atoms. The number of nitrogens with zero attached hydrogens (tertiary/aromatic N) is 2. The third-order valence-corrected chi connectivity index (χ3v) is 5.78. The zero-order valence-electron chi connectivity index (χ0n) is 18.6. The molecule has 0 aliphatic carbocycles. The van der Waals surface area contributed by atoms with E-state index in [2.05, 4.69) is 10.3 Å². The molecule has 1 N–H and O–H groups in total. The first-order valence-electron chi connectivity index (χ1n) is 11.1. The molecule has 1 aliphatic rings. The molecule has 8 heteroatoms. The number of hydrogen-bond donors (Lipinski definition) is 1. The van der Waals surface area contributed by atoms with E-state index in [0.717, 1.165) is 24.2 Å². The summed E-state index contributed by atoms with van der Waals surface area (Å²) in [5.74, 6) is -1.30. The van der Waals surface area contributed by atoms with Crippen LogP contribution in [0.25, 0.3) is 0 Å². The number of nitrogens with one attached hydrogen (secondary N) is 1. The molecule has 0 saturated carbocycles. The van der Waals surface area contributed by atoms with Crippen LogP contribution in [0.5, 0.6) is 0 Å². The lowest BCUT2D eigenvalue weighted by Crippen LogP contribution is -2.54. The maximum Gasteiger partial charge on any atom is 0.265 e. The summed E-state index contributed by atoms with van der Waals surface area (Å²) in [4.78, 5) is 14.5. The van der Waals surface area contributed by atoms with Gasteiger partial charge in [0.2, 0.25) is 0 Å². The van der Waals surface area contributed by atoms with Crippen molar-refractivity contribution >= 4 is 5.91 Å². The van der Waals surface area contributed by atoms with Crippen LogP contribution < -0.4 is 5.43 Å². The molecule has 0 aromatic heterocycles. The fourth-order valence-electron chi connectivity index (χ4n) is 3.85. The lowest BCUT2D eigenvalue weighted by molar-refractivity contribution is 0.0337. The Kier molecular flexibility index (Phi) is 7.95. The summed E-state index contributed by atoms with van der Waals surface area (Å²) in [6.07, 6.45) is -0.433. The molecule has 178 valence electrons. The first-order valence-corrected chi connectivity index (χ1v) is 11.1. The number of hydrogen-bond acceptors (Lipinski definition) is 4. The molecular weight excluding hydrogens is 443 g/mol. The molecular formula is C26H26F3N3O2. The Balaban J connectivity index is 1.27. The number of carbonyl (C=O) groups excluding carboxylic acids is 1. The van der Waals surface area contributed by atoms with Crippen molar-refractivity contribution in [2.45, 2.75) is 6.10 Å². The number of amides is 1. The van der Waals surface area contributed by atoms with Crippen molar-refractivity contribution in [3.05, 3.63) is 107 Å². The molecule has 0 radical (unpaired) electrons. The van der Waals surface area contributed by atoms with Gasteiger partial charge in [-0.25, -0.2) is 18.2 Å². The van der Waals surface area contributed by atoms with E-state index in [9.17, 15) is 18.0 Å². The molecule has 3 aromatic carbocycles. The van der Waals surface area contributed by atoms with E-state index in [1.165, 1.54) is 48.5 Å². The molecule has 1 aliphatic heterocycles. The highest BCUT2D eigenvalue weighted by Gasteiger charge is 2.20. The van der Waals surface area contributed by atoms with E-state index in [0.29, 0.717) is 31.8 Å². The van der Waals surface area contributed by atoms with Gasteiger partial charge in [-0.1, -0.05) is 24.3 Å². The summed E-state index contributed by atoms with van der Waals surface area (Å²) in [5, 5.41) is 1.85. The first kappa shape index (κ1) is 23.9. The summed E-state index contributed by atoms with van der Waals surface area (Å²) in [7, 11) is 0. The topological polar surface area (TPSA) is 44.8 Å². The van der Waals surface area contributed by atoms with Gasteiger partial charge in [0.1, 0.15) is 23.6 Å². The summed E-state index contributed by atoms with van der Waals surface area (Å²) >= 11 is 0. The van der Waals surface area contributed by atoms with Gasteiger partial charge < -0.3 is 4.74 Å². The van der Waals surface area contributed by atoms with E-state index in [1.54, 1.807) is 24.3 Å². The van der Waals surface area contributed by atoms with Gasteiger partial charge >= 0.3 is 0 Å². The van der Waals surface area contributed by atoms with Crippen LogP contribution in [0.3, 0.4) is 0 Å². The van der Waals surface area contributed by atoms with Gasteiger partial charge in [0.15, 0.2) is 0 Å². The van der Waals surface area contributed by atoms with Crippen LogP contribution in [0.1, 0.15) is 27.6 Å². The molecule has 3 aromatic rings. The smallest absolute Gasteiger partial charge is 0.265 e. The van der Waals surface area contributed by atoms with Crippen molar-refractivity contribution in [3.8, 4) is 0 Å². The van der Waals surface area contributed by atoms with E-state index in [4.69, 9.17) is 4.74 Å². The van der Waals surface area contributed by atoms with Gasteiger partial charge in [0.05, 0.1) is 6.61 Å². The van der Waals surface area contributed by atoms with E-state index in [1.807, 2.05) is 5.01 Å². The highest BCUT2D eigenvalue weighted by Crippen LogP contribution is 2.26. The second-order valence-electron chi connectivity index (χ2n) is 8.13. The molecule has 1 fully saturated rings. The number of carbonyl (C=O) groups is 1. The summed E-state index contributed by atoms with van der Waals surface area (Å²) in [5.41, 5.74) is 4.85. The van der Waals surface area contributed by atoms with Crippen molar-refractivity contribution in [2.75, 3.05) is 39.3 Å². The van der Waals surface area contributed by atoms with Crippen molar-refractivity contribution in [1.82, 2.24) is 15.3 Å². The van der Waals surface area contributed by atoms with E-state index in [-0.39, 0.29) is 23.4 Å². The first-order chi connectivity index (χ1) is 16.5. The Morgan fingerprint density at radius 3 is 1.74 bits per heavy atom. The monoisotopic (exact) mass is 469 g/mol. The summed E-state index contributed by atoms with van der Waals surface area (Å²) < 4.78 is 46.0. The lowest BCUT2D eigenvalue weighted by Gasteiger charge is -2.34. The van der Waals surface area contributed by atoms with Gasteiger partial charge in [-0.05, 0) is 59.7 Å². The maximum atomic E-state index is 13.4. The fraction of sp³-hybridized carbons (Fsp3) is 0.269. The van der Waals surface area contributed by atoms with Crippen LogP contribution in [-0.2, 0) is 4.74 Å². The SMILES string of the molecule is O=C(NN1CCN(CCOC(c2ccc(F)cc2)c2ccc(F)cc2)CC1)c1ccc(F)cc1. The quantitative estimate of drug-likeness (QED) is 0.538. The normalized spacial score (nSPS) is 14.9. The highest BCUT2D eigenvalue weighted by molar-refractivity contribution is 5.93. The molecule has 1 saturated heterocycles. The highest BCUT2D eigenvalue weighted by atomic mass is 19.1. The Hall–Kier alpha value is -3.20. The van der Waals surface area contributed by atoms with Crippen molar-refractivity contribution in [3.63, 3.8) is 0 Å². The Labute approximate surface area is 196 Å². The maximum absolute atomic E-state index is 13.4. The van der Waals surface area contributed by atoms with Crippen LogP contribution in [0.15, 0.2) is 72.8 Å². The third kappa shape index (κ3) is 6.44. The van der Waals surface area contributed by atoms with Gasteiger partial charge in [-0.2, -0.15) is 0 Å². The van der Waals surface area contributed by atoms with E-state index < -0.39 is 6.10 Å². The van der Waals surface area contributed by atoms with Crippen molar-refractivity contribution in [1.29, 1.82) is 0 Å². The molecule has 4 rings (SSSR count). The number of halogens is 3. The number of rotatable bonds is 8. The number of piperazine rings is 1. The summed E-state index contributed by atoms with van der Waals surface area (Å²) in [6, 6.07) is 17.7. The molecule has 1 heterocycles. The van der Waals surface area contributed by atoms with E-state index >= 15 is 0 Å². The van der Waals surface area contributed by atoms with Crippen LogP contribution in [-0.4, -0.2) is 55.1 Å². The minimum Gasteiger partial charge on any atom is -0.367 e. The molecule has 0 unspecified atom stereocenters. The molecule has 1 amide bonds. The Bertz CT molecular complexity index is 1020. The minimum atomic E-state index is -0.433. The Morgan fingerprint density at radius 2 is 1.24 bits per heavy atom. The number of benzene rings is 3. The molecule has 5 nitrogen and oxygen atoms in total. The third-order valence-electron chi connectivity index (χ3n) is 5.78. The average molecular weight is 470 g/mol. The average Bonchev–Trinajstić information content (AvgIpc) is 2.85. The van der Waals surface area contributed by atoms with Crippen LogP contribution >= 0.6 is 0 Å². The second kappa shape index (κ2) is 11.3. The zero-order valence-corrected chi connectivity index (χ0v) is 18.6. The predicted octanol–water partition coefficient (Wildman–Crippen LogP) is 4.17. The molecule has 0 bridgehead atoms. The molecule has 0 atom stereocenters. The lowest BCUT2D eigenvalue weighted by atomic mass is 10.0. The van der Waals surface area contributed by atoms with Gasteiger partial charge in [-0.3, -0.25) is 15.1 Å². The Morgan fingerprint density at radius 1 is 0.765 bits per heavy atom. The van der Waals surface area contributed by atoms with Crippen LogP contribution in [0.4, 0.5) is 13.2 Å². The summed E-state index contributed by atoms with van der Waals surface area (Å²) in [6.45, 7) is 3.88.